The molecular weight excluding hydrogens is 238 g/mol. The minimum absolute atomic E-state index is 0.989. The maximum absolute atomic E-state index is 2.42. The van der Waals surface area contributed by atoms with Crippen molar-refractivity contribution in [3.8, 4) is 0 Å². The molecule has 0 fully saturated rings. The molecule has 2 aromatic rings. The molecule has 0 bridgehead atoms. The molecule has 0 atom stereocenters. The third kappa shape index (κ3) is 1.97. The van der Waals surface area contributed by atoms with Gasteiger partial charge in [0.25, 0.3) is 0 Å². The first-order valence-corrected chi connectivity index (χ1v) is 7.29. The molecule has 0 amide bonds. The minimum atomic E-state index is 0.989. The molecule has 18 heavy (non-hydrogen) atoms. The van der Waals surface area contributed by atoms with Crippen LogP contribution in [0.1, 0.15) is 18.1 Å². The summed E-state index contributed by atoms with van der Waals surface area (Å²) in [5.74, 6) is 1.10. The Morgan fingerprint density at radius 1 is 1.00 bits per heavy atom. The predicted octanol–water partition coefficient (Wildman–Crippen LogP) is 4.04. The summed E-state index contributed by atoms with van der Waals surface area (Å²) in [4.78, 5) is 0. The molecule has 0 saturated heterocycles. The minimum Gasteiger partial charge on any atom is -0.182 e. The summed E-state index contributed by atoms with van der Waals surface area (Å²) in [6, 6.07) is 19.4. The topological polar surface area (TPSA) is 3.01 Å². The smallest absolute Gasteiger partial charge is 0.182 e. The van der Waals surface area contributed by atoms with Gasteiger partial charge in [-0.2, -0.15) is 4.58 Å². The fraction of sp³-hybridized carbons (Fsp3) is 0.188. The van der Waals surface area contributed by atoms with Gasteiger partial charge in [0.05, 0.1) is 5.56 Å². The molecule has 3 rings (SSSR count). The monoisotopic (exact) mass is 254 g/mol. The van der Waals surface area contributed by atoms with Crippen molar-refractivity contribution in [3.05, 3.63) is 65.7 Å². The highest BCUT2D eigenvalue weighted by Crippen LogP contribution is 2.29. The van der Waals surface area contributed by atoms with E-state index in [1.54, 1.807) is 0 Å². The predicted molar refractivity (Wildman–Crippen MR) is 78.7 cm³/mol. The van der Waals surface area contributed by atoms with Gasteiger partial charge in [-0.05, 0) is 6.07 Å². The molecule has 90 valence electrons. The standard InChI is InChI=1S/C16H16NS/c1-2-18-16-15-11-7-6-8-13(15)12-17(16)14-9-4-3-5-10-14/h3-11H,2,12H2,1H3/q+1. The number of thioether (sulfide) groups is 1. The van der Waals surface area contributed by atoms with Gasteiger partial charge in [-0.3, -0.25) is 0 Å². The lowest BCUT2D eigenvalue weighted by atomic mass is 10.1. The fourth-order valence-electron chi connectivity index (χ4n) is 2.36. The molecule has 0 spiro atoms. The van der Waals surface area contributed by atoms with Crippen molar-refractivity contribution in [2.45, 2.75) is 13.5 Å². The number of hydrogen-bond donors (Lipinski definition) is 0. The van der Waals surface area contributed by atoms with Gasteiger partial charge in [0, 0.05) is 23.4 Å². The third-order valence-corrected chi connectivity index (χ3v) is 4.17. The van der Waals surface area contributed by atoms with Crippen molar-refractivity contribution >= 4 is 22.5 Å². The van der Waals surface area contributed by atoms with Crippen LogP contribution in [-0.2, 0) is 6.54 Å². The molecule has 1 aliphatic heterocycles. The van der Waals surface area contributed by atoms with Gasteiger partial charge in [-0.1, -0.05) is 55.1 Å². The van der Waals surface area contributed by atoms with Crippen LogP contribution < -0.4 is 0 Å². The zero-order valence-electron chi connectivity index (χ0n) is 10.5. The Morgan fingerprint density at radius 2 is 1.72 bits per heavy atom. The average Bonchev–Trinajstić information content (AvgIpc) is 2.80. The summed E-state index contributed by atoms with van der Waals surface area (Å²) in [5, 5.41) is 1.39. The van der Waals surface area contributed by atoms with Gasteiger partial charge in [0.15, 0.2) is 6.54 Å². The van der Waals surface area contributed by atoms with Gasteiger partial charge in [0.2, 0.25) is 10.7 Å². The molecule has 0 N–H and O–H groups in total. The highest BCUT2D eigenvalue weighted by molar-refractivity contribution is 8.14. The number of para-hydroxylation sites is 1. The fourth-order valence-corrected chi connectivity index (χ4v) is 3.32. The van der Waals surface area contributed by atoms with Crippen LogP contribution in [-0.4, -0.2) is 15.4 Å². The summed E-state index contributed by atoms with van der Waals surface area (Å²) < 4.78 is 2.42. The second-order valence-corrected chi connectivity index (χ2v) is 5.57. The molecular formula is C16H16NS+. The van der Waals surface area contributed by atoms with Crippen molar-refractivity contribution < 1.29 is 4.58 Å². The van der Waals surface area contributed by atoms with E-state index < -0.39 is 0 Å². The Labute approximate surface area is 112 Å². The zero-order valence-corrected chi connectivity index (χ0v) is 11.3. The summed E-state index contributed by atoms with van der Waals surface area (Å²) in [6.45, 7) is 3.20. The van der Waals surface area contributed by atoms with E-state index in [9.17, 15) is 0 Å². The lowest BCUT2D eigenvalue weighted by Crippen LogP contribution is -2.07. The Kier molecular flexibility index (Phi) is 3.20. The Bertz CT molecular complexity index is 587. The van der Waals surface area contributed by atoms with Crippen LogP contribution >= 0.6 is 11.8 Å². The molecule has 1 aliphatic rings. The maximum Gasteiger partial charge on any atom is 0.248 e. The molecule has 0 radical (unpaired) electrons. The number of rotatable bonds is 2. The van der Waals surface area contributed by atoms with Crippen LogP contribution in [0.3, 0.4) is 0 Å². The summed E-state index contributed by atoms with van der Waals surface area (Å²) in [7, 11) is 0. The van der Waals surface area contributed by atoms with Crippen LogP contribution in [0.25, 0.3) is 0 Å². The van der Waals surface area contributed by atoms with E-state index in [1.165, 1.54) is 21.9 Å². The van der Waals surface area contributed by atoms with Crippen molar-refractivity contribution in [3.63, 3.8) is 0 Å². The zero-order chi connectivity index (χ0) is 12.4. The normalized spacial score (nSPS) is 13.8. The van der Waals surface area contributed by atoms with Gasteiger partial charge < -0.3 is 0 Å². The Hall–Kier alpha value is -1.54. The molecule has 1 nitrogen and oxygen atoms in total. The largest absolute Gasteiger partial charge is 0.248 e. The Morgan fingerprint density at radius 3 is 2.50 bits per heavy atom. The number of nitrogens with zero attached hydrogens (tertiary/aromatic N) is 1. The molecule has 2 aromatic carbocycles. The van der Waals surface area contributed by atoms with Gasteiger partial charge in [-0.25, -0.2) is 0 Å². The third-order valence-electron chi connectivity index (χ3n) is 3.17. The molecule has 1 heterocycles. The quantitative estimate of drug-likeness (QED) is 0.731. The van der Waals surface area contributed by atoms with E-state index in [0.29, 0.717) is 0 Å². The van der Waals surface area contributed by atoms with Crippen molar-refractivity contribution in [1.29, 1.82) is 0 Å². The first kappa shape index (κ1) is 11.5. The van der Waals surface area contributed by atoms with E-state index >= 15 is 0 Å². The highest BCUT2D eigenvalue weighted by Gasteiger charge is 2.29. The first-order chi connectivity index (χ1) is 8.90. The van der Waals surface area contributed by atoms with E-state index in [1.807, 2.05) is 11.8 Å². The molecule has 0 aromatic heterocycles. The molecule has 0 aliphatic carbocycles. The van der Waals surface area contributed by atoms with Crippen LogP contribution in [0.5, 0.6) is 0 Å². The van der Waals surface area contributed by atoms with Gasteiger partial charge >= 0.3 is 0 Å². The summed E-state index contributed by atoms with van der Waals surface area (Å²) in [5.41, 5.74) is 4.11. The lowest BCUT2D eigenvalue weighted by Gasteiger charge is -2.00. The first-order valence-electron chi connectivity index (χ1n) is 6.30. The van der Waals surface area contributed by atoms with E-state index in [0.717, 1.165) is 12.3 Å². The van der Waals surface area contributed by atoms with Crippen molar-refractivity contribution in [2.24, 2.45) is 0 Å². The van der Waals surface area contributed by atoms with Crippen molar-refractivity contribution in [1.82, 2.24) is 0 Å². The van der Waals surface area contributed by atoms with E-state index in [2.05, 4.69) is 66.1 Å². The van der Waals surface area contributed by atoms with Gasteiger partial charge in [0.1, 0.15) is 0 Å². The summed E-state index contributed by atoms with van der Waals surface area (Å²) in [6.07, 6.45) is 0. The van der Waals surface area contributed by atoms with E-state index in [-0.39, 0.29) is 0 Å². The average molecular weight is 254 g/mol. The second-order valence-electron chi connectivity index (χ2n) is 4.32. The van der Waals surface area contributed by atoms with Crippen LogP contribution in [0.4, 0.5) is 5.69 Å². The van der Waals surface area contributed by atoms with Gasteiger partial charge in [-0.15, -0.1) is 0 Å². The Balaban J connectivity index is 2.11. The molecule has 0 unspecified atom stereocenters. The number of hydrogen-bond acceptors (Lipinski definition) is 1. The SMILES string of the molecule is CCSC1=[N+](c2ccccc2)Cc2ccccc21. The van der Waals surface area contributed by atoms with Crippen LogP contribution in [0.2, 0.25) is 0 Å². The van der Waals surface area contributed by atoms with E-state index in [4.69, 9.17) is 0 Å². The number of fused-ring (bicyclic) bond motifs is 1. The summed E-state index contributed by atoms with van der Waals surface area (Å²) >= 11 is 1.93. The maximum atomic E-state index is 2.42. The van der Waals surface area contributed by atoms with Crippen LogP contribution in [0.15, 0.2) is 54.6 Å². The molecule has 0 saturated carbocycles. The van der Waals surface area contributed by atoms with Crippen LogP contribution in [0, 0.1) is 0 Å². The van der Waals surface area contributed by atoms with Crippen molar-refractivity contribution in [2.75, 3.05) is 5.75 Å². The second kappa shape index (κ2) is 4.99. The lowest BCUT2D eigenvalue weighted by molar-refractivity contribution is -0.449. The number of benzene rings is 2. The highest BCUT2D eigenvalue weighted by atomic mass is 32.2. The molecule has 2 heteroatoms.